The lowest BCUT2D eigenvalue weighted by molar-refractivity contribution is 0.106. The van der Waals surface area contributed by atoms with Crippen LogP contribution in [-0.2, 0) is 0 Å². The molecule has 94 valence electrons. The number of aliphatic hydroxyl groups is 1. The van der Waals surface area contributed by atoms with Crippen molar-refractivity contribution in [1.82, 2.24) is 0 Å². The zero-order chi connectivity index (χ0) is 13.0. The molecule has 0 spiro atoms. The summed E-state index contributed by atoms with van der Waals surface area (Å²) < 4.78 is 5.38. The van der Waals surface area contributed by atoms with Gasteiger partial charge in [0.25, 0.3) is 0 Å². The summed E-state index contributed by atoms with van der Waals surface area (Å²) in [6, 6.07) is 14.3. The Labute approximate surface area is 106 Å². The maximum Gasteiger partial charge on any atom is 0.161 e. The molecule has 2 aromatic rings. The smallest absolute Gasteiger partial charge is 0.161 e. The highest BCUT2D eigenvalue weighted by Crippen LogP contribution is 2.25. The summed E-state index contributed by atoms with van der Waals surface area (Å²) in [5, 5.41) is 19.5. The van der Waals surface area contributed by atoms with Crippen molar-refractivity contribution in [2.45, 2.75) is 13.0 Å². The van der Waals surface area contributed by atoms with Crippen molar-refractivity contribution in [3.8, 4) is 11.5 Å². The van der Waals surface area contributed by atoms with E-state index in [-0.39, 0.29) is 12.4 Å². The van der Waals surface area contributed by atoms with Crippen molar-refractivity contribution in [2.75, 3.05) is 6.61 Å². The highest BCUT2D eigenvalue weighted by Gasteiger charge is 2.09. The summed E-state index contributed by atoms with van der Waals surface area (Å²) in [5.74, 6) is 0.456. The first-order valence-electron chi connectivity index (χ1n) is 5.82. The van der Waals surface area contributed by atoms with E-state index in [2.05, 4.69) is 0 Å². The van der Waals surface area contributed by atoms with Gasteiger partial charge in [0.2, 0.25) is 0 Å². The fourth-order valence-corrected chi connectivity index (χ4v) is 1.63. The van der Waals surface area contributed by atoms with Crippen LogP contribution in [0, 0.1) is 6.92 Å². The largest absolute Gasteiger partial charge is 0.504 e. The van der Waals surface area contributed by atoms with Crippen molar-refractivity contribution in [1.29, 1.82) is 0 Å². The number of hydrogen-bond acceptors (Lipinski definition) is 3. The number of para-hydroxylation sites is 2. The van der Waals surface area contributed by atoms with E-state index in [1.165, 1.54) is 0 Å². The average molecular weight is 244 g/mol. The summed E-state index contributed by atoms with van der Waals surface area (Å²) in [4.78, 5) is 0. The number of rotatable bonds is 4. The molecule has 0 saturated carbocycles. The van der Waals surface area contributed by atoms with E-state index < -0.39 is 6.10 Å². The predicted octanol–water partition coefficient (Wildman–Crippen LogP) is 2.81. The standard InChI is InChI=1S/C15H16O3/c1-11-6-8-12(9-7-11)14(17)10-18-15-5-3-2-4-13(15)16/h2-9,14,16-17H,10H2,1H3. The van der Waals surface area contributed by atoms with Crippen LogP contribution < -0.4 is 4.74 Å². The van der Waals surface area contributed by atoms with Crippen LogP contribution in [0.1, 0.15) is 17.2 Å². The zero-order valence-corrected chi connectivity index (χ0v) is 10.2. The van der Waals surface area contributed by atoms with E-state index in [1.54, 1.807) is 24.3 Å². The third-order valence-corrected chi connectivity index (χ3v) is 2.72. The second kappa shape index (κ2) is 5.56. The normalized spacial score (nSPS) is 12.1. The first-order valence-corrected chi connectivity index (χ1v) is 5.82. The van der Waals surface area contributed by atoms with Crippen LogP contribution in [0.5, 0.6) is 11.5 Å². The molecule has 2 aromatic carbocycles. The molecule has 0 aromatic heterocycles. The fourth-order valence-electron chi connectivity index (χ4n) is 1.63. The summed E-state index contributed by atoms with van der Waals surface area (Å²) in [5.41, 5.74) is 1.95. The Balaban J connectivity index is 1.98. The number of aromatic hydroxyl groups is 1. The molecule has 0 aliphatic carbocycles. The van der Waals surface area contributed by atoms with Gasteiger partial charge in [-0.25, -0.2) is 0 Å². The molecular formula is C15H16O3. The molecule has 1 unspecified atom stereocenters. The monoisotopic (exact) mass is 244 g/mol. The van der Waals surface area contributed by atoms with Gasteiger partial charge in [-0.15, -0.1) is 0 Å². The van der Waals surface area contributed by atoms with Crippen molar-refractivity contribution in [2.24, 2.45) is 0 Å². The van der Waals surface area contributed by atoms with E-state index in [1.807, 2.05) is 31.2 Å². The molecular weight excluding hydrogens is 228 g/mol. The highest BCUT2D eigenvalue weighted by molar-refractivity contribution is 5.38. The lowest BCUT2D eigenvalue weighted by Crippen LogP contribution is -2.09. The predicted molar refractivity (Wildman–Crippen MR) is 69.7 cm³/mol. The van der Waals surface area contributed by atoms with Crippen LogP contribution in [0.25, 0.3) is 0 Å². The lowest BCUT2D eigenvalue weighted by atomic mass is 10.1. The first kappa shape index (κ1) is 12.5. The van der Waals surface area contributed by atoms with Gasteiger partial charge in [0.05, 0.1) is 0 Å². The molecule has 18 heavy (non-hydrogen) atoms. The summed E-state index contributed by atoms with van der Waals surface area (Å²) in [7, 11) is 0. The minimum absolute atomic E-state index is 0.0774. The molecule has 0 radical (unpaired) electrons. The van der Waals surface area contributed by atoms with E-state index in [0.29, 0.717) is 5.75 Å². The van der Waals surface area contributed by atoms with Crippen molar-refractivity contribution in [3.05, 3.63) is 59.7 Å². The van der Waals surface area contributed by atoms with Crippen molar-refractivity contribution in [3.63, 3.8) is 0 Å². The lowest BCUT2D eigenvalue weighted by Gasteiger charge is -2.13. The maximum atomic E-state index is 9.96. The number of benzene rings is 2. The number of hydrogen-bond donors (Lipinski definition) is 2. The van der Waals surface area contributed by atoms with E-state index in [9.17, 15) is 10.2 Å². The van der Waals surface area contributed by atoms with E-state index >= 15 is 0 Å². The third-order valence-electron chi connectivity index (χ3n) is 2.72. The summed E-state index contributed by atoms with van der Waals surface area (Å²) in [6.07, 6.45) is -0.704. The molecule has 0 bridgehead atoms. The highest BCUT2D eigenvalue weighted by atomic mass is 16.5. The molecule has 1 atom stereocenters. The molecule has 2 N–H and O–H groups in total. The SMILES string of the molecule is Cc1ccc(C(O)COc2ccccc2O)cc1. The quantitative estimate of drug-likeness (QED) is 0.869. The molecule has 0 saturated heterocycles. The molecule has 0 heterocycles. The molecule has 0 amide bonds. The van der Waals surface area contributed by atoms with Crippen LogP contribution in [0.15, 0.2) is 48.5 Å². The topological polar surface area (TPSA) is 49.7 Å². The van der Waals surface area contributed by atoms with Crippen LogP contribution in [0.2, 0.25) is 0 Å². The number of phenolic OH excluding ortho intramolecular Hbond substituents is 1. The van der Waals surface area contributed by atoms with Gasteiger partial charge in [-0.1, -0.05) is 42.0 Å². The molecule has 3 heteroatoms. The van der Waals surface area contributed by atoms with Gasteiger partial charge in [-0.2, -0.15) is 0 Å². The number of ether oxygens (including phenoxy) is 1. The van der Waals surface area contributed by atoms with Crippen LogP contribution >= 0.6 is 0 Å². The number of aryl methyl sites for hydroxylation is 1. The van der Waals surface area contributed by atoms with Gasteiger partial charge in [0.15, 0.2) is 11.5 Å². The first-order chi connectivity index (χ1) is 8.66. The number of aliphatic hydroxyl groups excluding tert-OH is 1. The molecule has 0 fully saturated rings. The molecule has 0 aliphatic heterocycles. The Morgan fingerprint density at radius 3 is 2.39 bits per heavy atom. The minimum atomic E-state index is -0.704. The van der Waals surface area contributed by atoms with Crippen molar-refractivity contribution >= 4 is 0 Å². The van der Waals surface area contributed by atoms with Crippen LogP contribution in [0.4, 0.5) is 0 Å². The summed E-state index contributed by atoms with van der Waals surface area (Å²) >= 11 is 0. The fraction of sp³-hybridized carbons (Fsp3) is 0.200. The van der Waals surface area contributed by atoms with E-state index in [0.717, 1.165) is 11.1 Å². The summed E-state index contributed by atoms with van der Waals surface area (Å²) in [6.45, 7) is 2.11. The second-order valence-electron chi connectivity index (χ2n) is 4.21. The zero-order valence-electron chi connectivity index (χ0n) is 10.2. The Morgan fingerprint density at radius 1 is 1.06 bits per heavy atom. The number of phenols is 1. The van der Waals surface area contributed by atoms with Gasteiger partial charge in [-0.3, -0.25) is 0 Å². The average Bonchev–Trinajstić information content (AvgIpc) is 2.38. The maximum absolute atomic E-state index is 9.96. The molecule has 3 nitrogen and oxygen atoms in total. The van der Waals surface area contributed by atoms with Gasteiger partial charge in [0, 0.05) is 0 Å². The van der Waals surface area contributed by atoms with Gasteiger partial charge in [0.1, 0.15) is 12.7 Å². The van der Waals surface area contributed by atoms with Crippen molar-refractivity contribution < 1.29 is 14.9 Å². The van der Waals surface area contributed by atoms with Crippen LogP contribution in [-0.4, -0.2) is 16.8 Å². The molecule has 2 rings (SSSR count). The van der Waals surface area contributed by atoms with Crippen LogP contribution in [0.3, 0.4) is 0 Å². The van der Waals surface area contributed by atoms with Gasteiger partial charge < -0.3 is 14.9 Å². The van der Waals surface area contributed by atoms with Gasteiger partial charge >= 0.3 is 0 Å². The Kier molecular flexibility index (Phi) is 3.85. The Hall–Kier alpha value is -2.00. The van der Waals surface area contributed by atoms with Gasteiger partial charge in [-0.05, 0) is 24.6 Å². The second-order valence-corrected chi connectivity index (χ2v) is 4.21. The Morgan fingerprint density at radius 2 is 1.72 bits per heavy atom. The minimum Gasteiger partial charge on any atom is -0.504 e. The molecule has 0 aliphatic rings. The Bertz CT molecular complexity index is 505. The third kappa shape index (κ3) is 3.02. The van der Waals surface area contributed by atoms with E-state index in [4.69, 9.17) is 4.74 Å².